The van der Waals surface area contributed by atoms with Crippen LogP contribution in [0.4, 0.5) is 0 Å². The second-order valence-corrected chi connectivity index (χ2v) is 9.55. The van der Waals surface area contributed by atoms with Crippen molar-refractivity contribution in [3.63, 3.8) is 0 Å². The van der Waals surface area contributed by atoms with Gasteiger partial charge in [-0.2, -0.15) is 0 Å². The summed E-state index contributed by atoms with van der Waals surface area (Å²) in [5, 5.41) is 0. The highest BCUT2D eigenvalue weighted by molar-refractivity contribution is 5.90. The Hall–Kier alpha value is -2.89. The number of carbonyl (C=O) groups is 1. The number of ether oxygens (including phenoxy) is 5. The molecular weight excluding hydrogens is 468 g/mol. The number of hydrogen-bond acceptors (Lipinski definition) is 6. The summed E-state index contributed by atoms with van der Waals surface area (Å²) < 4.78 is 30.4. The fourth-order valence-corrected chi connectivity index (χ4v) is 4.03. The zero-order valence-electron chi connectivity index (χ0n) is 23.1. The van der Waals surface area contributed by atoms with Crippen molar-refractivity contribution in [2.75, 3.05) is 26.4 Å². The molecule has 0 amide bonds. The highest BCUT2D eigenvalue weighted by Crippen LogP contribution is 2.42. The number of fused-ring (bicyclic) bond motifs is 1. The fourth-order valence-electron chi connectivity index (χ4n) is 4.03. The van der Waals surface area contributed by atoms with Crippen LogP contribution in [0.25, 0.3) is 0 Å². The number of hydrogen-bond donors (Lipinski definition) is 0. The molecule has 0 aromatic heterocycles. The van der Waals surface area contributed by atoms with E-state index in [9.17, 15) is 4.79 Å². The van der Waals surface area contributed by atoms with E-state index in [0.717, 1.165) is 62.5 Å². The standard InChI is InChI=1S/C31H44O6/c1-5-9-15-33-24-20-28(35-17-11-7-3)25-22-26(32)31(37-29(25)21-24)23-13-14-27(34-16-10-6-2)30(19-23)36-18-12-8-4/h13-14,19-21,31H,5-12,15-18,22H2,1-4H3. The lowest BCUT2D eigenvalue weighted by Crippen LogP contribution is -2.26. The van der Waals surface area contributed by atoms with E-state index in [2.05, 4.69) is 27.7 Å². The summed E-state index contributed by atoms with van der Waals surface area (Å²) in [7, 11) is 0. The Balaban J connectivity index is 1.87. The Labute approximate surface area is 222 Å². The summed E-state index contributed by atoms with van der Waals surface area (Å²) in [6, 6.07) is 9.47. The van der Waals surface area contributed by atoms with Gasteiger partial charge in [-0.1, -0.05) is 59.4 Å². The van der Waals surface area contributed by atoms with Gasteiger partial charge in [-0.3, -0.25) is 4.79 Å². The molecular formula is C31H44O6. The Morgan fingerprint density at radius 2 is 1.27 bits per heavy atom. The van der Waals surface area contributed by atoms with E-state index < -0.39 is 6.10 Å². The molecule has 1 atom stereocenters. The maximum Gasteiger partial charge on any atom is 0.182 e. The van der Waals surface area contributed by atoms with E-state index in [1.54, 1.807) is 0 Å². The van der Waals surface area contributed by atoms with Crippen molar-refractivity contribution in [2.45, 2.75) is 91.6 Å². The summed E-state index contributed by atoms with van der Waals surface area (Å²) in [4.78, 5) is 13.3. The fraction of sp³-hybridized carbons (Fsp3) is 0.581. The molecule has 6 heteroatoms. The van der Waals surface area contributed by atoms with Gasteiger partial charge in [0.15, 0.2) is 23.4 Å². The molecule has 0 fully saturated rings. The number of unbranched alkanes of at least 4 members (excludes halogenated alkanes) is 4. The van der Waals surface area contributed by atoms with Gasteiger partial charge in [-0.05, 0) is 37.8 Å². The van der Waals surface area contributed by atoms with Crippen molar-refractivity contribution in [3.05, 3.63) is 41.5 Å². The Morgan fingerprint density at radius 3 is 1.89 bits per heavy atom. The first-order valence-corrected chi connectivity index (χ1v) is 14.1. The normalized spacial score (nSPS) is 14.6. The van der Waals surface area contributed by atoms with Gasteiger partial charge >= 0.3 is 0 Å². The molecule has 37 heavy (non-hydrogen) atoms. The van der Waals surface area contributed by atoms with Gasteiger partial charge in [0, 0.05) is 29.7 Å². The van der Waals surface area contributed by atoms with Crippen molar-refractivity contribution in [2.24, 2.45) is 0 Å². The van der Waals surface area contributed by atoms with Gasteiger partial charge in [0.25, 0.3) is 0 Å². The second kappa shape index (κ2) is 15.4. The Morgan fingerprint density at radius 1 is 0.703 bits per heavy atom. The van der Waals surface area contributed by atoms with Crippen LogP contribution in [-0.2, 0) is 11.2 Å². The minimum Gasteiger partial charge on any atom is -0.493 e. The first-order chi connectivity index (χ1) is 18.1. The van der Waals surface area contributed by atoms with Gasteiger partial charge < -0.3 is 23.7 Å². The number of benzene rings is 2. The molecule has 6 nitrogen and oxygen atoms in total. The lowest BCUT2D eigenvalue weighted by molar-refractivity contribution is -0.126. The summed E-state index contributed by atoms with van der Waals surface area (Å²) in [5.41, 5.74) is 1.55. The Kier molecular flexibility index (Phi) is 11.9. The van der Waals surface area contributed by atoms with Gasteiger partial charge in [0.2, 0.25) is 0 Å². The predicted octanol–water partition coefficient (Wildman–Crippen LogP) is 7.65. The van der Waals surface area contributed by atoms with Gasteiger partial charge in [-0.15, -0.1) is 0 Å². The number of rotatable bonds is 17. The lowest BCUT2D eigenvalue weighted by atomic mass is 9.95. The van der Waals surface area contributed by atoms with Crippen molar-refractivity contribution < 1.29 is 28.5 Å². The zero-order chi connectivity index (χ0) is 26.5. The van der Waals surface area contributed by atoms with Crippen LogP contribution in [-0.4, -0.2) is 32.2 Å². The molecule has 1 unspecified atom stereocenters. The number of Topliss-reactive ketones (excluding diaryl/α,β-unsaturated/α-hetero) is 1. The highest BCUT2D eigenvalue weighted by atomic mass is 16.5. The van der Waals surface area contributed by atoms with E-state index in [-0.39, 0.29) is 12.2 Å². The largest absolute Gasteiger partial charge is 0.493 e. The number of ketones is 1. The van der Waals surface area contributed by atoms with Crippen LogP contribution in [0.2, 0.25) is 0 Å². The zero-order valence-corrected chi connectivity index (χ0v) is 23.1. The van der Waals surface area contributed by atoms with Crippen molar-refractivity contribution >= 4 is 5.78 Å². The maximum absolute atomic E-state index is 13.3. The maximum atomic E-state index is 13.3. The second-order valence-electron chi connectivity index (χ2n) is 9.55. The van der Waals surface area contributed by atoms with E-state index in [4.69, 9.17) is 23.7 Å². The first-order valence-electron chi connectivity index (χ1n) is 14.1. The van der Waals surface area contributed by atoms with Crippen LogP contribution in [0, 0.1) is 0 Å². The molecule has 204 valence electrons. The third kappa shape index (κ3) is 8.31. The van der Waals surface area contributed by atoms with E-state index in [1.807, 2.05) is 30.3 Å². The molecule has 2 aromatic rings. The molecule has 1 aliphatic heterocycles. The van der Waals surface area contributed by atoms with E-state index in [1.165, 1.54) is 0 Å². The molecule has 0 saturated heterocycles. The van der Waals surface area contributed by atoms with Gasteiger partial charge in [0.05, 0.1) is 26.4 Å². The van der Waals surface area contributed by atoms with Crippen LogP contribution in [0.1, 0.15) is 96.3 Å². The molecule has 3 rings (SSSR count). The molecule has 1 aliphatic rings. The van der Waals surface area contributed by atoms with E-state index >= 15 is 0 Å². The average Bonchev–Trinajstić information content (AvgIpc) is 2.90. The molecule has 0 spiro atoms. The third-order valence-electron chi connectivity index (χ3n) is 6.33. The summed E-state index contributed by atoms with van der Waals surface area (Å²) >= 11 is 0. The molecule has 0 aliphatic carbocycles. The van der Waals surface area contributed by atoms with Crippen molar-refractivity contribution in [1.82, 2.24) is 0 Å². The first kappa shape index (κ1) is 28.7. The highest BCUT2D eigenvalue weighted by Gasteiger charge is 2.33. The number of carbonyl (C=O) groups excluding carboxylic acids is 1. The minimum atomic E-state index is -0.722. The van der Waals surface area contributed by atoms with E-state index in [0.29, 0.717) is 55.2 Å². The van der Waals surface area contributed by atoms with Crippen LogP contribution in [0.3, 0.4) is 0 Å². The van der Waals surface area contributed by atoms with Crippen LogP contribution in [0.15, 0.2) is 30.3 Å². The SMILES string of the molecule is CCCCOc1cc(OCCCC)c2c(c1)OC(c1ccc(OCCCC)c(OCCCC)c1)C(=O)C2. The van der Waals surface area contributed by atoms with Crippen LogP contribution < -0.4 is 23.7 Å². The predicted molar refractivity (Wildman–Crippen MR) is 147 cm³/mol. The molecule has 1 heterocycles. The Bertz CT molecular complexity index is 986. The molecule has 2 aromatic carbocycles. The topological polar surface area (TPSA) is 63.2 Å². The summed E-state index contributed by atoms with van der Waals surface area (Å²) in [5.74, 6) is 3.37. The van der Waals surface area contributed by atoms with Gasteiger partial charge in [-0.25, -0.2) is 0 Å². The molecule has 0 N–H and O–H groups in total. The summed E-state index contributed by atoms with van der Waals surface area (Å²) in [6.07, 6.45) is 7.55. The molecule has 0 radical (unpaired) electrons. The lowest BCUT2D eigenvalue weighted by Gasteiger charge is -2.28. The molecule has 0 saturated carbocycles. The minimum absolute atomic E-state index is 0.00773. The average molecular weight is 513 g/mol. The third-order valence-corrected chi connectivity index (χ3v) is 6.33. The van der Waals surface area contributed by atoms with Crippen molar-refractivity contribution in [3.8, 4) is 28.7 Å². The van der Waals surface area contributed by atoms with Crippen LogP contribution in [0.5, 0.6) is 28.7 Å². The smallest absolute Gasteiger partial charge is 0.182 e. The molecule has 0 bridgehead atoms. The quantitative estimate of drug-likeness (QED) is 0.203. The monoisotopic (exact) mass is 512 g/mol. The van der Waals surface area contributed by atoms with Gasteiger partial charge in [0.1, 0.15) is 17.2 Å². The van der Waals surface area contributed by atoms with Crippen LogP contribution >= 0.6 is 0 Å². The summed E-state index contributed by atoms with van der Waals surface area (Å²) in [6.45, 7) is 11.0. The van der Waals surface area contributed by atoms with Crippen molar-refractivity contribution in [1.29, 1.82) is 0 Å².